The number of carbonyl (C=O) groups excluding carboxylic acids is 1. The fourth-order valence-electron chi connectivity index (χ4n) is 6.09. The smallest absolute Gasteiger partial charge is 0.241 e. The van der Waals surface area contributed by atoms with Crippen LogP contribution in [0.5, 0.6) is 0 Å². The summed E-state index contributed by atoms with van der Waals surface area (Å²) >= 11 is 6.41. The lowest BCUT2D eigenvalue weighted by Gasteiger charge is -2.40. The molecule has 1 fully saturated rings. The lowest BCUT2D eigenvalue weighted by Crippen LogP contribution is -2.58. The highest BCUT2D eigenvalue weighted by atomic mass is 35.5. The van der Waals surface area contributed by atoms with Gasteiger partial charge in [-0.25, -0.2) is 9.37 Å². The second-order valence-corrected chi connectivity index (χ2v) is 11.3. The number of amides is 1. The zero-order valence-corrected chi connectivity index (χ0v) is 23.7. The van der Waals surface area contributed by atoms with Crippen molar-refractivity contribution in [2.45, 2.75) is 44.4 Å². The molecule has 3 heterocycles. The van der Waals surface area contributed by atoms with Crippen molar-refractivity contribution in [3.8, 4) is 0 Å². The van der Waals surface area contributed by atoms with E-state index in [0.29, 0.717) is 26.2 Å². The molecule has 6 rings (SSSR count). The van der Waals surface area contributed by atoms with Crippen molar-refractivity contribution in [3.63, 3.8) is 0 Å². The summed E-state index contributed by atoms with van der Waals surface area (Å²) in [6.07, 6.45) is 9.93. The van der Waals surface area contributed by atoms with E-state index in [-0.39, 0.29) is 23.8 Å². The van der Waals surface area contributed by atoms with Crippen molar-refractivity contribution in [2.24, 2.45) is 0 Å². The Labute approximate surface area is 245 Å². The summed E-state index contributed by atoms with van der Waals surface area (Å²) in [6, 6.07) is 16.3. The highest BCUT2D eigenvalue weighted by Gasteiger charge is 2.36. The Morgan fingerprint density at radius 3 is 2.78 bits per heavy atom. The number of halogens is 2. The summed E-state index contributed by atoms with van der Waals surface area (Å²) in [5.74, 6) is -0.231. The maximum atomic E-state index is 14.1. The van der Waals surface area contributed by atoms with Crippen molar-refractivity contribution < 1.29 is 9.18 Å². The fourth-order valence-corrected chi connectivity index (χ4v) is 6.28. The standard InChI is InChI=1S/C32H34ClFN6O/c33-26-8-11-28-25(19-26)7-6-24-3-1-12-37-30(24)31(28)39-18-14-36-29(21-39)32(41)40(16-2-15-38-17-13-35-22-38)20-23-4-9-27(34)10-5-23/h1,3-5,8-13,17,19,22,29,31,36H,2,6-7,14-16,18,20-21H2/t29-,31-/m1/s1. The van der Waals surface area contributed by atoms with Gasteiger partial charge in [0.1, 0.15) is 5.82 Å². The quantitative estimate of drug-likeness (QED) is 0.333. The van der Waals surface area contributed by atoms with E-state index in [2.05, 4.69) is 33.4 Å². The molecule has 1 N–H and O–H groups in total. The largest absolute Gasteiger partial charge is 0.337 e. The minimum atomic E-state index is -0.372. The van der Waals surface area contributed by atoms with E-state index in [1.54, 1.807) is 24.7 Å². The number of benzene rings is 2. The maximum Gasteiger partial charge on any atom is 0.241 e. The molecule has 4 aromatic rings. The van der Waals surface area contributed by atoms with Crippen LogP contribution in [0, 0.1) is 5.82 Å². The molecule has 2 aromatic heterocycles. The number of nitrogens with zero attached hydrogens (tertiary/aromatic N) is 5. The minimum absolute atomic E-state index is 0.0508. The van der Waals surface area contributed by atoms with Crippen molar-refractivity contribution in [1.82, 2.24) is 29.7 Å². The molecule has 1 amide bonds. The lowest BCUT2D eigenvalue weighted by molar-refractivity contribution is -0.135. The number of nitrogens with one attached hydrogen (secondary N) is 1. The van der Waals surface area contributed by atoms with Crippen LogP contribution in [0.3, 0.4) is 0 Å². The van der Waals surface area contributed by atoms with Gasteiger partial charge < -0.3 is 14.8 Å². The number of aromatic nitrogens is 3. The monoisotopic (exact) mass is 572 g/mol. The average molecular weight is 573 g/mol. The second-order valence-electron chi connectivity index (χ2n) is 10.8. The summed E-state index contributed by atoms with van der Waals surface area (Å²) in [5.41, 5.74) is 5.65. The van der Waals surface area contributed by atoms with Crippen molar-refractivity contribution in [2.75, 3.05) is 26.2 Å². The number of hydrogen-bond acceptors (Lipinski definition) is 5. The lowest BCUT2D eigenvalue weighted by atomic mass is 9.95. The summed E-state index contributed by atoms with van der Waals surface area (Å²) in [6.45, 7) is 3.82. The molecule has 0 bridgehead atoms. The molecule has 0 unspecified atom stereocenters. The molecule has 2 aliphatic rings. The molecule has 0 spiro atoms. The maximum absolute atomic E-state index is 14.1. The molecular formula is C32H34ClFN6O. The van der Waals surface area contributed by atoms with E-state index in [1.807, 2.05) is 34.0 Å². The first-order valence-electron chi connectivity index (χ1n) is 14.2. The van der Waals surface area contributed by atoms with Crippen LogP contribution in [0.2, 0.25) is 5.02 Å². The Morgan fingerprint density at radius 1 is 1.10 bits per heavy atom. The summed E-state index contributed by atoms with van der Waals surface area (Å²) in [7, 11) is 0. The van der Waals surface area contributed by atoms with Crippen LogP contribution in [0.1, 0.15) is 40.4 Å². The van der Waals surface area contributed by atoms with Gasteiger partial charge in [-0.15, -0.1) is 0 Å². The molecule has 1 aliphatic carbocycles. The summed E-state index contributed by atoms with van der Waals surface area (Å²) in [5, 5.41) is 4.23. The molecular weight excluding hydrogens is 539 g/mol. The minimum Gasteiger partial charge on any atom is -0.337 e. The highest BCUT2D eigenvalue weighted by molar-refractivity contribution is 6.30. The van der Waals surface area contributed by atoms with Crippen molar-refractivity contribution in [1.29, 1.82) is 0 Å². The van der Waals surface area contributed by atoms with Crippen molar-refractivity contribution in [3.05, 3.63) is 118 Å². The SMILES string of the molecule is O=C([C@H]1CN([C@@H]2c3ccc(Cl)cc3CCc3cccnc32)CCN1)N(CCCn1ccnc1)Cc1ccc(F)cc1. The predicted molar refractivity (Wildman–Crippen MR) is 157 cm³/mol. The van der Waals surface area contributed by atoms with Gasteiger partial charge in [-0.3, -0.25) is 14.7 Å². The molecule has 1 saturated heterocycles. The second kappa shape index (κ2) is 12.5. The first-order valence-corrected chi connectivity index (χ1v) is 14.6. The van der Waals surface area contributed by atoms with Crippen LogP contribution < -0.4 is 5.32 Å². The van der Waals surface area contributed by atoms with Gasteiger partial charge in [0.2, 0.25) is 5.91 Å². The van der Waals surface area contributed by atoms with Gasteiger partial charge in [0, 0.05) is 62.9 Å². The Morgan fingerprint density at radius 2 is 1.95 bits per heavy atom. The zero-order valence-electron chi connectivity index (χ0n) is 22.9. The van der Waals surface area contributed by atoms with E-state index < -0.39 is 0 Å². The van der Waals surface area contributed by atoms with E-state index in [4.69, 9.17) is 16.6 Å². The molecule has 7 nitrogen and oxygen atoms in total. The van der Waals surface area contributed by atoms with E-state index >= 15 is 0 Å². The van der Waals surface area contributed by atoms with Crippen LogP contribution in [-0.4, -0.2) is 62.5 Å². The Balaban J connectivity index is 1.25. The Kier molecular flexibility index (Phi) is 8.41. The number of rotatable bonds is 8. The van der Waals surface area contributed by atoms with Crippen LogP contribution in [-0.2, 0) is 30.7 Å². The van der Waals surface area contributed by atoms with Gasteiger partial charge in [0.25, 0.3) is 0 Å². The van der Waals surface area contributed by atoms with Crippen molar-refractivity contribution >= 4 is 17.5 Å². The van der Waals surface area contributed by atoms with Crippen LogP contribution in [0.15, 0.2) is 79.5 Å². The van der Waals surface area contributed by atoms with Gasteiger partial charge in [-0.1, -0.05) is 35.9 Å². The van der Waals surface area contributed by atoms with E-state index in [1.165, 1.54) is 28.8 Å². The first-order chi connectivity index (χ1) is 20.0. The average Bonchev–Trinajstić information content (AvgIpc) is 3.46. The zero-order chi connectivity index (χ0) is 28.2. The third-order valence-corrected chi connectivity index (χ3v) is 8.36. The number of pyridine rings is 1. The summed E-state index contributed by atoms with van der Waals surface area (Å²) in [4.78, 5) is 27.4. The topological polar surface area (TPSA) is 66.3 Å². The van der Waals surface area contributed by atoms with Gasteiger partial charge in [0.05, 0.1) is 24.1 Å². The first kappa shape index (κ1) is 27.6. The molecule has 2 atom stereocenters. The molecule has 0 radical (unpaired) electrons. The van der Waals surface area contributed by atoms with Gasteiger partial charge in [-0.05, 0) is 71.8 Å². The van der Waals surface area contributed by atoms with Gasteiger partial charge in [0.15, 0.2) is 0 Å². The Hall–Kier alpha value is -3.59. The molecule has 0 saturated carbocycles. The number of imidazole rings is 1. The van der Waals surface area contributed by atoms with Crippen LogP contribution in [0.25, 0.3) is 0 Å². The fraction of sp³-hybridized carbons (Fsp3) is 0.344. The molecule has 41 heavy (non-hydrogen) atoms. The number of aryl methyl sites for hydroxylation is 3. The normalized spacial score (nSPS) is 18.8. The third kappa shape index (κ3) is 6.35. The molecule has 9 heteroatoms. The third-order valence-electron chi connectivity index (χ3n) is 8.12. The predicted octanol–water partition coefficient (Wildman–Crippen LogP) is 4.65. The van der Waals surface area contributed by atoms with Crippen LogP contribution >= 0.6 is 11.6 Å². The number of carbonyl (C=O) groups is 1. The highest BCUT2D eigenvalue weighted by Crippen LogP contribution is 2.37. The number of fused-ring (bicyclic) bond motifs is 2. The molecule has 1 aliphatic heterocycles. The van der Waals surface area contributed by atoms with Gasteiger partial charge in [-0.2, -0.15) is 0 Å². The van der Waals surface area contributed by atoms with Gasteiger partial charge >= 0.3 is 0 Å². The number of piperazine rings is 1. The van der Waals surface area contributed by atoms with Crippen LogP contribution in [0.4, 0.5) is 4.39 Å². The van der Waals surface area contributed by atoms with E-state index in [9.17, 15) is 9.18 Å². The Bertz CT molecular complexity index is 1480. The summed E-state index contributed by atoms with van der Waals surface area (Å²) < 4.78 is 15.6. The van der Waals surface area contributed by atoms with E-state index in [0.717, 1.165) is 48.6 Å². The number of hydrogen-bond donors (Lipinski definition) is 1. The molecule has 2 aromatic carbocycles. The molecule has 212 valence electrons.